The van der Waals surface area contributed by atoms with Crippen LogP contribution in [-0.2, 0) is 0 Å². The number of fused-ring (bicyclic) bond motifs is 1. The van der Waals surface area contributed by atoms with Crippen LogP contribution in [0.2, 0.25) is 0 Å². The highest BCUT2D eigenvalue weighted by Gasteiger charge is 2.16. The topological polar surface area (TPSA) is 76.3 Å². The van der Waals surface area contributed by atoms with Crippen molar-refractivity contribution in [3.05, 3.63) is 40.6 Å². The summed E-state index contributed by atoms with van der Waals surface area (Å²) in [5.74, 6) is 0. The average Bonchev–Trinajstić information content (AvgIpc) is 2.38. The molecule has 2 rings (SSSR count). The molecule has 0 amide bonds. The molecule has 0 aliphatic heterocycles. The molecule has 18 heavy (non-hydrogen) atoms. The molecule has 1 atom stereocenters. The fourth-order valence-corrected chi connectivity index (χ4v) is 2.58. The molecule has 1 aromatic heterocycles. The highest BCUT2D eigenvalue weighted by molar-refractivity contribution is 8.00. The van der Waals surface area contributed by atoms with Crippen LogP contribution in [0.15, 0.2) is 35.4 Å². The van der Waals surface area contributed by atoms with Gasteiger partial charge in [-0.15, -0.1) is 11.8 Å². The normalized spacial score (nSPS) is 12.6. The minimum absolute atomic E-state index is 0.00611. The standard InChI is InChI=1S/C12H12N2O3S/c1-8(7-15)18-11-5-4-10(14(16)17)12-9(11)3-2-6-13-12/h2-6,8,15H,7H2,1H3. The summed E-state index contributed by atoms with van der Waals surface area (Å²) in [5.41, 5.74) is 0.393. The second kappa shape index (κ2) is 5.32. The number of thioether (sulfide) groups is 1. The number of hydrogen-bond acceptors (Lipinski definition) is 5. The van der Waals surface area contributed by atoms with Crippen LogP contribution in [0.3, 0.4) is 0 Å². The van der Waals surface area contributed by atoms with Crippen molar-refractivity contribution < 1.29 is 10.0 Å². The fourth-order valence-electron chi connectivity index (χ4n) is 1.64. The van der Waals surface area contributed by atoms with E-state index in [2.05, 4.69) is 4.98 Å². The van der Waals surface area contributed by atoms with Gasteiger partial charge in [-0.1, -0.05) is 6.92 Å². The maximum absolute atomic E-state index is 10.9. The van der Waals surface area contributed by atoms with Crippen molar-refractivity contribution in [3.63, 3.8) is 0 Å². The van der Waals surface area contributed by atoms with Crippen molar-refractivity contribution in [2.45, 2.75) is 17.1 Å². The Morgan fingerprint density at radius 1 is 1.50 bits per heavy atom. The smallest absolute Gasteiger partial charge is 0.295 e. The molecule has 5 nitrogen and oxygen atoms in total. The number of nitrogens with zero attached hydrogens (tertiary/aromatic N) is 2. The number of aliphatic hydroxyl groups excluding tert-OH is 1. The Bertz CT molecular complexity index is 589. The van der Waals surface area contributed by atoms with Crippen molar-refractivity contribution in [1.82, 2.24) is 4.98 Å². The lowest BCUT2D eigenvalue weighted by molar-refractivity contribution is -0.383. The van der Waals surface area contributed by atoms with Crippen molar-refractivity contribution in [3.8, 4) is 0 Å². The van der Waals surface area contributed by atoms with Crippen LogP contribution in [0, 0.1) is 10.1 Å². The number of nitro benzene ring substituents is 1. The molecular weight excluding hydrogens is 252 g/mol. The van der Waals surface area contributed by atoms with E-state index in [-0.39, 0.29) is 17.5 Å². The first-order chi connectivity index (χ1) is 8.63. The zero-order chi connectivity index (χ0) is 13.1. The minimum atomic E-state index is -0.431. The zero-order valence-electron chi connectivity index (χ0n) is 9.74. The maximum atomic E-state index is 10.9. The number of hydrogen-bond donors (Lipinski definition) is 1. The summed E-state index contributed by atoms with van der Waals surface area (Å²) in [6, 6.07) is 6.72. The zero-order valence-corrected chi connectivity index (χ0v) is 10.6. The van der Waals surface area contributed by atoms with Crippen molar-refractivity contribution in [2.75, 3.05) is 6.61 Å². The molecule has 0 spiro atoms. The molecule has 1 heterocycles. The van der Waals surface area contributed by atoms with Crippen molar-refractivity contribution in [1.29, 1.82) is 0 Å². The first-order valence-corrected chi connectivity index (χ1v) is 6.31. The summed E-state index contributed by atoms with van der Waals surface area (Å²) in [6.45, 7) is 1.96. The van der Waals surface area contributed by atoms with Crippen LogP contribution < -0.4 is 0 Å². The summed E-state index contributed by atoms with van der Waals surface area (Å²) >= 11 is 1.48. The Morgan fingerprint density at radius 2 is 2.28 bits per heavy atom. The predicted molar refractivity (Wildman–Crippen MR) is 70.8 cm³/mol. The van der Waals surface area contributed by atoms with Crippen LogP contribution in [0.5, 0.6) is 0 Å². The number of nitro groups is 1. The molecular formula is C12H12N2O3S. The monoisotopic (exact) mass is 264 g/mol. The molecule has 1 unspecified atom stereocenters. The van der Waals surface area contributed by atoms with E-state index in [9.17, 15) is 10.1 Å². The van der Waals surface area contributed by atoms with Crippen LogP contribution in [0.4, 0.5) is 5.69 Å². The summed E-state index contributed by atoms with van der Waals surface area (Å²) in [4.78, 5) is 15.5. The Kier molecular flexibility index (Phi) is 3.78. The van der Waals surface area contributed by atoms with Gasteiger partial charge in [0.1, 0.15) is 5.52 Å². The molecule has 0 aliphatic carbocycles. The lowest BCUT2D eigenvalue weighted by Gasteiger charge is -2.10. The lowest BCUT2D eigenvalue weighted by atomic mass is 10.2. The van der Waals surface area contributed by atoms with Gasteiger partial charge in [-0.2, -0.15) is 0 Å². The van der Waals surface area contributed by atoms with E-state index in [0.717, 1.165) is 10.3 Å². The van der Waals surface area contributed by atoms with Gasteiger partial charge < -0.3 is 5.11 Å². The quantitative estimate of drug-likeness (QED) is 0.522. The molecule has 0 saturated heterocycles. The van der Waals surface area contributed by atoms with Gasteiger partial charge >= 0.3 is 0 Å². The van der Waals surface area contributed by atoms with Gasteiger partial charge in [-0.3, -0.25) is 10.1 Å². The van der Waals surface area contributed by atoms with Crippen molar-refractivity contribution in [2.24, 2.45) is 0 Å². The number of aromatic nitrogens is 1. The molecule has 0 radical (unpaired) electrons. The predicted octanol–water partition coefficient (Wildman–Crippen LogP) is 2.62. The second-order valence-corrected chi connectivity index (χ2v) is 5.33. The Balaban J connectivity index is 2.57. The van der Waals surface area contributed by atoms with E-state index in [1.54, 1.807) is 18.3 Å². The molecule has 1 aromatic carbocycles. The summed E-state index contributed by atoms with van der Waals surface area (Å²) < 4.78 is 0. The first kappa shape index (κ1) is 12.8. The van der Waals surface area contributed by atoms with Gasteiger partial charge in [-0.25, -0.2) is 4.98 Å². The Morgan fingerprint density at radius 3 is 2.94 bits per heavy atom. The first-order valence-electron chi connectivity index (χ1n) is 5.43. The van der Waals surface area contributed by atoms with Gasteiger partial charge in [0, 0.05) is 27.8 Å². The third-order valence-electron chi connectivity index (χ3n) is 2.49. The van der Waals surface area contributed by atoms with E-state index in [4.69, 9.17) is 5.11 Å². The Labute approximate surface area is 108 Å². The molecule has 2 aromatic rings. The third kappa shape index (κ3) is 2.44. The molecule has 0 bridgehead atoms. The van der Waals surface area contributed by atoms with Crippen LogP contribution in [0.1, 0.15) is 6.92 Å². The van der Waals surface area contributed by atoms with Crippen LogP contribution in [0.25, 0.3) is 10.9 Å². The summed E-state index contributed by atoms with van der Waals surface area (Å²) in [7, 11) is 0. The molecule has 0 aliphatic rings. The molecule has 0 saturated carbocycles. The third-order valence-corrected chi connectivity index (χ3v) is 3.65. The average molecular weight is 264 g/mol. The summed E-state index contributed by atoms with van der Waals surface area (Å²) in [6.07, 6.45) is 1.54. The van der Waals surface area contributed by atoms with E-state index in [1.807, 2.05) is 13.0 Å². The molecule has 6 heteroatoms. The Hall–Kier alpha value is -1.66. The van der Waals surface area contributed by atoms with E-state index in [1.165, 1.54) is 17.8 Å². The van der Waals surface area contributed by atoms with Gasteiger partial charge in [-0.05, 0) is 18.2 Å². The maximum Gasteiger partial charge on any atom is 0.295 e. The van der Waals surface area contributed by atoms with Gasteiger partial charge in [0.25, 0.3) is 5.69 Å². The minimum Gasteiger partial charge on any atom is -0.395 e. The highest BCUT2D eigenvalue weighted by atomic mass is 32.2. The van der Waals surface area contributed by atoms with E-state index in [0.29, 0.717) is 5.52 Å². The number of aliphatic hydroxyl groups is 1. The van der Waals surface area contributed by atoms with Gasteiger partial charge in [0.2, 0.25) is 0 Å². The fraction of sp³-hybridized carbons (Fsp3) is 0.250. The summed E-state index contributed by atoms with van der Waals surface area (Å²) in [5, 5.41) is 20.8. The SMILES string of the molecule is CC(CO)Sc1ccc([N+](=O)[O-])c2ncccc12. The van der Waals surface area contributed by atoms with E-state index >= 15 is 0 Å². The second-order valence-electron chi connectivity index (χ2n) is 3.85. The van der Waals surface area contributed by atoms with Crippen LogP contribution >= 0.6 is 11.8 Å². The highest BCUT2D eigenvalue weighted by Crippen LogP contribution is 2.34. The lowest BCUT2D eigenvalue weighted by Crippen LogP contribution is -2.02. The number of benzene rings is 1. The largest absolute Gasteiger partial charge is 0.395 e. The molecule has 1 N–H and O–H groups in total. The van der Waals surface area contributed by atoms with Crippen LogP contribution in [-0.4, -0.2) is 26.9 Å². The number of rotatable bonds is 4. The van der Waals surface area contributed by atoms with Gasteiger partial charge in [0.05, 0.1) is 11.5 Å². The molecule has 0 fully saturated rings. The molecule has 94 valence electrons. The van der Waals surface area contributed by atoms with E-state index < -0.39 is 4.92 Å². The number of non-ortho nitro benzene ring substituents is 1. The van der Waals surface area contributed by atoms with Gasteiger partial charge in [0.15, 0.2) is 0 Å². The number of pyridine rings is 1. The van der Waals surface area contributed by atoms with Crippen molar-refractivity contribution >= 4 is 28.4 Å².